The maximum atomic E-state index is 5.49. The molecule has 21 heavy (non-hydrogen) atoms. The Morgan fingerprint density at radius 2 is 2.29 bits per heavy atom. The number of aryl methyl sites for hydroxylation is 2. The number of rotatable bonds is 3. The predicted octanol–water partition coefficient (Wildman–Crippen LogP) is 4.70. The lowest BCUT2D eigenvalue weighted by atomic mass is 10.2. The van der Waals surface area contributed by atoms with Crippen molar-refractivity contribution in [3.8, 4) is 0 Å². The third-order valence-electron chi connectivity index (χ3n) is 3.55. The van der Waals surface area contributed by atoms with Crippen molar-refractivity contribution in [3.63, 3.8) is 0 Å². The van der Waals surface area contributed by atoms with Crippen molar-refractivity contribution in [1.29, 1.82) is 0 Å². The van der Waals surface area contributed by atoms with Gasteiger partial charge in [-0.25, -0.2) is 4.99 Å². The minimum Gasteiger partial charge on any atom is -0.494 e. The number of nitrogens with one attached hydrogen (secondary N) is 1. The SMILES string of the molecule is COC1=CC(C2CC=C(Br)S2)=N/C1=C\c1[nH]c(C)cc1C. The number of aliphatic imine (C=N–C) groups is 1. The summed E-state index contributed by atoms with van der Waals surface area (Å²) < 4.78 is 6.68. The topological polar surface area (TPSA) is 37.4 Å². The van der Waals surface area contributed by atoms with Crippen molar-refractivity contribution in [1.82, 2.24) is 4.98 Å². The highest BCUT2D eigenvalue weighted by atomic mass is 79.9. The zero-order valence-corrected chi connectivity index (χ0v) is 14.6. The fourth-order valence-electron chi connectivity index (χ4n) is 2.52. The Morgan fingerprint density at radius 1 is 1.48 bits per heavy atom. The van der Waals surface area contributed by atoms with Crippen LogP contribution in [0.25, 0.3) is 6.08 Å². The Kier molecular flexibility index (Phi) is 4.13. The first-order chi connectivity index (χ1) is 10.1. The third-order valence-corrected chi connectivity index (χ3v) is 5.54. The summed E-state index contributed by atoms with van der Waals surface area (Å²) >= 11 is 5.34. The predicted molar refractivity (Wildman–Crippen MR) is 93.8 cm³/mol. The largest absolute Gasteiger partial charge is 0.494 e. The van der Waals surface area contributed by atoms with Gasteiger partial charge in [-0.3, -0.25) is 0 Å². The highest BCUT2D eigenvalue weighted by molar-refractivity contribution is 9.14. The fourth-order valence-corrected chi connectivity index (χ4v) is 4.28. The summed E-state index contributed by atoms with van der Waals surface area (Å²) in [7, 11) is 1.70. The summed E-state index contributed by atoms with van der Waals surface area (Å²) in [5.74, 6) is 0.834. The van der Waals surface area contributed by atoms with Crippen LogP contribution in [0, 0.1) is 13.8 Å². The van der Waals surface area contributed by atoms with Gasteiger partial charge in [-0.15, -0.1) is 11.8 Å². The number of hydrogen-bond acceptors (Lipinski definition) is 3. The van der Waals surface area contributed by atoms with Crippen LogP contribution in [0.15, 0.2) is 38.5 Å². The first kappa shape index (κ1) is 14.7. The molecule has 0 aromatic carbocycles. The first-order valence-corrected chi connectivity index (χ1v) is 8.49. The Bertz CT molecular complexity index is 697. The molecule has 3 rings (SSSR count). The number of methoxy groups -OCH3 is 1. The van der Waals surface area contributed by atoms with Crippen molar-refractivity contribution in [2.75, 3.05) is 7.11 Å². The number of halogens is 1. The molecule has 0 fully saturated rings. The number of aromatic amines is 1. The number of thioether (sulfide) groups is 1. The summed E-state index contributed by atoms with van der Waals surface area (Å²) in [5, 5.41) is 0.377. The minimum atomic E-state index is 0.377. The van der Waals surface area contributed by atoms with E-state index in [-0.39, 0.29) is 0 Å². The van der Waals surface area contributed by atoms with Gasteiger partial charge in [0, 0.05) is 21.3 Å². The van der Waals surface area contributed by atoms with Gasteiger partial charge >= 0.3 is 0 Å². The molecule has 5 heteroatoms. The van der Waals surface area contributed by atoms with Crippen LogP contribution >= 0.6 is 27.7 Å². The Balaban J connectivity index is 1.90. The van der Waals surface area contributed by atoms with E-state index in [9.17, 15) is 0 Å². The maximum Gasteiger partial charge on any atom is 0.146 e. The number of hydrogen-bond donors (Lipinski definition) is 1. The quantitative estimate of drug-likeness (QED) is 0.843. The molecule has 110 valence electrons. The summed E-state index contributed by atoms with van der Waals surface area (Å²) in [4.78, 5) is 8.12. The molecule has 0 aliphatic carbocycles. The molecule has 1 aromatic rings. The molecule has 0 amide bonds. The highest BCUT2D eigenvalue weighted by Gasteiger charge is 2.26. The lowest BCUT2D eigenvalue weighted by Gasteiger charge is -2.05. The van der Waals surface area contributed by atoms with Crippen molar-refractivity contribution in [2.45, 2.75) is 25.5 Å². The van der Waals surface area contributed by atoms with Crippen LogP contribution in [-0.2, 0) is 4.74 Å². The van der Waals surface area contributed by atoms with E-state index in [1.54, 1.807) is 18.9 Å². The highest BCUT2D eigenvalue weighted by Crippen LogP contribution is 2.39. The molecule has 1 aromatic heterocycles. The average Bonchev–Trinajstić information content (AvgIpc) is 3.10. The molecule has 0 radical (unpaired) electrons. The van der Waals surface area contributed by atoms with Gasteiger partial charge in [0.2, 0.25) is 0 Å². The third kappa shape index (κ3) is 3.04. The van der Waals surface area contributed by atoms with Crippen molar-refractivity contribution >= 4 is 39.5 Å². The molecular weight excluding hydrogens is 348 g/mol. The Labute approximate surface area is 137 Å². The monoisotopic (exact) mass is 364 g/mol. The van der Waals surface area contributed by atoms with Crippen molar-refractivity contribution in [2.24, 2.45) is 4.99 Å². The Morgan fingerprint density at radius 3 is 2.86 bits per heavy atom. The van der Waals surface area contributed by atoms with Crippen molar-refractivity contribution in [3.05, 3.63) is 50.4 Å². The minimum absolute atomic E-state index is 0.377. The molecule has 0 spiro atoms. The number of nitrogens with zero attached hydrogens (tertiary/aromatic N) is 1. The number of H-pyrrole nitrogens is 1. The van der Waals surface area contributed by atoms with Gasteiger partial charge in [-0.05, 0) is 53.9 Å². The lowest BCUT2D eigenvalue weighted by molar-refractivity contribution is 0.303. The molecular formula is C16H17BrN2OS. The van der Waals surface area contributed by atoms with Gasteiger partial charge < -0.3 is 9.72 Å². The second-order valence-electron chi connectivity index (χ2n) is 5.18. The molecule has 2 aliphatic rings. The molecule has 3 nitrogen and oxygen atoms in total. The summed E-state index contributed by atoms with van der Waals surface area (Å²) in [6, 6.07) is 2.13. The van der Waals surface area contributed by atoms with Gasteiger partial charge in [0.15, 0.2) is 0 Å². The van der Waals surface area contributed by atoms with Crippen LogP contribution < -0.4 is 0 Å². The van der Waals surface area contributed by atoms with Gasteiger partial charge in [-0.2, -0.15) is 0 Å². The van der Waals surface area contributed by atoms with Crippen LogP contribution in [0.3, 0.4) is 0 Å². The number of aromatic nitrogens is 1. The smallest absolute Gasteiger partial charge is 0.146 e. The molecule has 2 aliphatic heterocycles. The van der Waals surface area contributed by atoms with Crippen molar-refractivity contribution < 1.29 is 4.74 Å². The second-order valence-corrected chi connectivity index (χ2v) is 7.80. The van der Waals surface area contributed by atoms with Crippen LogP contribution in [0.5, 0.6) is 0 Å². The van der Waals surface area contributed by atoms with Crippen LogP contribution in [0.1, 0.15) is 23.4 Å². The second kappa shape index (κ2) is 5.89. The lowest BCUT2D eigenvalue weighted by Crippen LogP contribution is -2.09. The van der Waals surface area contributed by atoms with E-state index in [0.717, 1.165) is 35.0 Å². The standard InChI is InChI=1S/C16H17BrN2OS/c1-9-6-10(2)18-11(9)7-12-14(20-3)8-13(19-12)15-4-5-16(17)21-15/h5-8,15,18H,4H2,1-3H3/b12-7-. The van der Waals surface area contributed by atoms with Gasteiger partial charge in [0.25, 0.3) is 0 Å². The summed E-state index contributed by atoms with van der Waals surface area (Å²) in [6.07, 6.45) is 7.31. The maximum absolute atomic E-state index is 5.49. The molecule has 0 saturated heterocycles. The molecule has 0 bridgehead atoms. The van der Waals surface area contributed by atoms with Gasteiger partial charge in [0.05, 0.1) is 18.1 Å². The van der Waals surface area contributed by atoms with Gasteiger partial charge in [0.1, 0.15) is 11.5 Å². The molecule has 1 atom stereocenters. The molecule has 3 heterocycles. The molecule has 0 saturated carbocycles. The van der Waals surface area contributed by atoms with Gasteiger partial charge in [-0.1, -0.05) is 6.08 Å². The summed E-state index contributed by atoms with van der Waals surface area (Å²) in [5.41, 5.74) is 5.44. The average molecular weight is 365 g/mol. The van der Waals surface area contributed by atoms with E-state index in [1.807, 2.05) is 6.08 Å². The van der Waals surface area contributed by atoms with E-state index < -0.39 is 0 Å². The van der Waals surface area contributed by atoms with E-state index in [1.165, 1.54) is 9.38 Å². The number of ether oxygens (including phenoxy) is 1. The Hall–Kier alpha value is -1.20. The number of allylic oxidation sites excluding steroid dienone is 2. The molecule has 1 N–H and O–H groups in total. The first-order valence-electron chi connectivity index (χ1n) is 6.81. The fraction of sp³-hybridized carbons (Fsp3) is 0.312. The van der Waals surface area contributed by atoms with Crippen LogP contribution in [0.4, 0.5) is 0 Å². The normalized spacial score (nSPS) is 23.3. The zero-order valence-electron chi connectivity index (χ0n) is 12.2. The van der Waals surface area contributed by atoms with E-state index in [2.05, 4.69) is 53.0 Å². The summed E-state index contributed by atoms with van der Waals surface area (Å²) in [6.45, 7) is 4.16. The van der Waals surface area contributed by atoms with E-state index in [0.29, 0.717) is 5.25 Å². The van der Waals surface area contributed by atoms with Crippen LogP contribution in [0.2, 0.25) is 0 Å². The van der Waals surface area contributed by atoms with E-state index >= 15 is 0 Å². The van der Waals surface area contributed by atoms with Crippen LogP contribution in [-0.4, -0.2) is 23.1 Å². The van der Waals surface area contributed by atoms with E-state index in [4.69, 9.17) is 9.73 Å². The molecule has 1 unspecified atom stereocenters. The zero-order chi connectivity index (χ0) is 15.0.